The third-order valence-electron chi connectivity index (χ3n) is 3.26. The Hall–Kier alpha value is -1.91. The monoisotopic (exact) mass is 314 g/mol. The minimum absolute atomic E-state index is 0.598. The average Bonchev–Trinajstić information content (AvgIpc) is 2.55. The smallest absolute Gasteiger partial charge is 0.166 e. The fourth-order valence-electron chi connectivity index (χ4n) is 2.12. The van der Waals surface area contributed by atoms with Gasteiger partial charge in [-0.25, -0.2) is 0 Å². The second-order valence-electron chi connectivity index (χ2n) is 4.96. The zero-order valence-electron chi connectivity index (χ0n) is 12.8. The molecule has 3 nitrogen and oxygen atoms in total. The van der Waals surface area contributed by atoms with Crippen molar-refractivity contribution >= 4 is 17.3 Å². The predicted molar refractivity (Wildman–Crippen MR) is 94.5 cm³/mol. The van der Waals surface area contributed by atoms with Crippen LogP contribution in [0.1, 0.15) is 23.6 Å². The predicted octanol–water partition coefficient (Wildman–Crippen LogP) is 3.39. The molecule has 2 aromatic rings. The van der Waals surface area contributed by atoms with Gasteiger partial charge < -0.3 is 15.4 Å². The number of rotatable bonds is 7. The normalized spacial score (nSPS) is 10.2. The molecule has 22 heavy (non-hydrogen) atoms. The Kier molecular flexibility index (Phi) is 6.87. The molecule has 4 heteroatoms. The molecule has 0 bridgehead atoms. The topological polar surface area (TPSA) is 33.3 Å². The standard InChI is InChI=1S/C18H22N2OS/c1-2-19-18(22)20-12-16-10-6-7-11-17(16)14-21-13-15-8-4-3-5-9-15/h3-11H,2,12-14H2,1H3,(H2,19,20,22). The maximum Gasteiger partial charge on any atom is 0.166 e. The van der Waals surface area contributed by atoms with E-state index in [0.29, 0.717) is 24.9 Å². The lowest BCUT2D eigenvalue weighted by molar-refractivity contribution is 0.106. The highest BCUT2D eigenvalue weighted by Gasteiger charge is 2.03. The second-order valence-corrected chi connectivity index (χ2v) is 5.37. The Balaban J connectivity index is 1.86. The highest BCUT2D eigenvalue weighted by atomic mass is 32.1. The third-order valence-corrected chi connectivity index (χ3v) is 3.55. The van der Waals surface area contributed by atoms with Crippen LogP contribution in [0.15, 0.2) is 54.6 Å². The van der Waals surface area contributed by atoms with Gasteiger partial charge >= 0.3 is 0 Å². The maximum atomic E-state index is 5.82. The summed E-state index contributed by atoms with van der Waals surface area (Å²) in [7, 11) is 0. The van der Waals surface area contributed by atoms with Crippen molar-refractivity contribution in [3.63, 3.8) is 0 Å². The van der Waals surface area contributed by atoms with Crippen molar-refractivity contribution in [3.8, 4) is 0 Å². The molecular formula is C18H22N2OS. The zero-order valence-corrected chi connectivity index (χ0v) is 13.7. The van der Waals surface area contributed by atoms with Crippen LogP contribution >= 0.6 is 12.2 Å². The summed E-state index contributed by atoms with van der Waals surface area (Å²) in [6.07, 6.45) is 0. The Bertz CT molecular complexity index is 587. The molecule has 0 heterocycles. The number of thiocarbonyl (C=S) groups is 1. The van der Waals surface area contributed by atoms with Gasteiger partial charge in [-0.1, -0.05) is 54.6 Å². The number of hydrogen-bond donors (Lipinski definition) is 2. The van der Waals surface area contributed by atoms with Crippen LogP contribution in [0.2, 0.25) is 0 Å². The molecule has 2 N–H and O–H groups in total. The molecule has 0 saturated heterocycles. The van der Waals surface area contributed by atoms with Gasteiger partial charge in [-0.15, -0.1) is 0 Å². The Morgan fingerprint density at radius 2 is 1.59 bits per heavy atom. The Morgan fingerprint density at radius 3 is 2.32 bits per heavy atom. The number of ether oxygens (including phenoxy) is 1. The lowest BCUT2D eigenvalue weighted by atomic mass is 10.1. The van der Waals surface area contributed by atoms with Gasteiger partial charge in [-0.2, -0.15) is 0 Å². The molecule has 0 aliphatic carbocycles. The molecule has 116 valence electrons. The van der Waals surface area contributed by atoms with Crippen molar-refractivity contribution in [2.24, 2.45) is 0 Å². The number of benzene rings is 2. The van der Waals surface area contributed by atoms with Crippen molar-refractivity contribution in [3.05, 3.63) is 71.3 Å². The Morgan fingerprint density at radius 1 is 0.909 bits per heavy atom. The number of hydrogen-bond acceptors (Lipinski definition) is 2. The summed E-state index contributed by atoms with van der Waals surface area (Å²) < 4.78 is 5.82. The SMILES string of the molecule is CCNC(=S)NCc1ccccc1COCc1ccccc1. The van der Waals surface area contributed by atoms with Crippen LogP contribution in [0, 0.1) is 0 Å². The third kappa shape index (κ3) is 5.47. The molecule has 0 radical (unpaired) electrons. The van der Waals surface area contributed by atoms with E-state index in [1.165, 1.54) is 16.7 Å². The zero-order chi connectivity index (χ0) is 15.6. The quantitative estimate of drug-likeness (QED) is 0.768. The first kappa shape index (κ1) is 16.5. The van der Waals surface area contributed by atoms with E-state index in [2.05, 4.69) is 34.9 Å². The van der Waals surface area contributed by atoms with Gasteiger partial charge in [0, 0.05) is 13.1 Å². The first-order chi connectivity index (χ1) is 10.8. The van der Waals surface area contributed by atoms with Crippen LogP contribution in [0.3, 0.4) is 0 Å². The molecule has 0 atom stereocenters. The summed E-state index contributed by atoms with van der Waals surface area (Å²) in [5, 5.41) is 6.99. The van der Waals surface area contributed by atoms with Crippen LogP contribution in [0.5, 0.6) is 0 Å². The first-order valence-electron chi connectivity index (χ1n) is 7.49. The molecule has 2 aromatic carbocycles. The van der Waals surface area contributed by atoms with Crippen molar-refractivity contribution in [2.45, 2.75) is 26.7 Å². The van der Waals surface area contributed by atoms with Crippen LogP contribution in [-0.4, -0.2) is 11.7 Å². The van der Waals surface area contributed by atoms with Gasteiger partial charge in [-0.05, 0) is 35.8 Å². The van der Waals surface area contributed by atoms with Gasteiger partial charge in [0.15, 0.2) is 5.11 Å². The molecule has 0 amide bonds. The van der Waals surface area contributed by atoms with Crippen molar-refractivity contribution in [1.82, 2.24) is 10.6 Å². The Labute approximate surface area is 137 Å². The van der Waals surface area contributed by atoms with Crippen LogP contribution in [-0.2, 0) is 24.5 Å². The van der Waals surface area contributed by atoms with E-state index in [0.717, 1.165) is 6.54 Å². The van der Waals surface area contributed by atoms with E-state index in [1.54, 1.807) is 0 Å². The minimum Gasteiger partial charge on any atom is -0.372 e. The molecule has 0 spiro atoms. The van der Waals surface area contributed by atoms with Crippen LogP contribution < -0.4 is 10.6 Å². The highest BCUT2D eigenvalue weighted by molar-refractivity contribution is 7.80. The van der Waals surface area contributed by atoms with Gasteiger partial charge in [0.25, 0.3) is 0 Å². The van der Waals surface area contributed by atoms with E-state index < -0.39 is 0 Å². The molecule has 0 aliphatic rings. The van der Waals surface area contributed by atoms with Gasteiger partial charge in [0.2, 0.25) is 0 Å². The summed E-state index contributed by atoms with van der Waals surface area (Å²) >= 11 is 5.19. The van der Waals surface area contributed by atoms with Crippen molar-refractivity contribution in [1.29, 1.82) is 0 Å². The molecule has 2 rings (SSSR count). The summed E-state index contributed by atoms with van der Waals surface area (Å²) in [5.41, 5.74) is 3.58. The average molecular weight is 314 g/mol. The fraction of sp³-hybridized carbons (Fsp3) is 0.278. The molecule has 0 fully saturated rings. The van der Waals surface area contributed by atoms with E-state index in [4.69, 9.17) is 17.0 Å². The van der Waals surface area contributed by atoms with E-state index >= 15 is 0 Å². The van der Waals surface area contributed by atoms with E-state index in [9.17, 15) is 0 Å². The van der Waals surface area contributed by atoms with Crippen molar-refractivity contribution in [2.75, 3.05) is 6.54 Å². The molecule has 0 unspecified atom stereocenters. The van der Waals surface area contributed by atoms with Gasteiger partial charge in [-0.3, -0.25) is 0 Å². The lowest BCUT2D eigenvalue weighted by Gasteiger charge is -2.13. The lowest BCUT2D eigenvalue weighted by Crippen LogP contribution is -2.34. The van der Waals surface area contributed by atoms with E-state index in [1.807, 2.05) is 37.3 Å². The molecule has 0 aromatic heterocycles. The summed E-state index contributed by atoms with van der Waals surface area (Å²) in [5.74, 6) is 0. The van der Waals surface area contributed by atoms with E-state index in [-0.39, 0.29) is 0 Å². The van der Waals surface area contributed by atoms with Crippen LogP contribution in [0.4, 0.5) is 0 Å². The molecule has 0 saturated carbocycles. The summed E-state index contributed by atoms with van der Waals surface area (Å²) in [4.78, 5) is 0. The maximum absolute atomic E-state index is 5.82. The molecular weight excluding hydrogens is 292 g/mol. The van der Waals surface area contributed by atoms with Crippen molar-refractivity contribution < 1.29 is 4.74 Å². The van der Waals surface area contributed by atoms with Gasteiger partial charge in [0.05, 0.1) is 13.2 Å². The minimum atomic E-state index is 0.598. The largest absolute Gasteiger partial charge is 0.372 e. The second kappa shape index (κ2) is 9.18. The fourth-order valence-corrected chi connectivity index (χ4v) is 2.34. The molecule has 0 aliphatic heterocycles. The number of nitrogens with one attached hydrogen (secondary N) is 2. The summed E-state index contributed by atoms with van der Waals surface area (Å²) in [6.45, 7) is 4.78. The van der Waals surface area contributed by atoms with Gasteiger partial charge in [0.1, 0.15) is 0 Å². The van der Waals surface area contributed by atoms with Crippen LogP contribution in [0.25, 0.3) is 0 Å². The first-order valence-corrected chi connectivity index (χ1v) is 7.90. The highest BCUT2D eigenvalue weighted by Crippen LogP contribution is 2.11. The summed E-state index contributed by atoms with van der Waals surface area (Å²) in [6, 6.07) is 18.5.